The van der Waals surface area contributed by atoms with Crippen LogP contribution >= 0.6 is 0 Å². The second-order valence-electron chi connectivity index (χ2n) is 8.62. The Morgan fingerprint density at radius 2 is 2.03 bits per heavy atom. The fourth-order valence-corrected chi connectivity index (χ4v) is 4.64. The van der Waals surface area contributed by atoms with Gasteiger partial charge in [0.15, 0.2) is 0 Å². The predicted molar refractivity (Wildman–Crippen MR) is 132 cm³/mol. The second kappa shape index (κ2) is 10.2. The molecule has 0 spiro atoms. The van der Waals surface area contributed by atoms with Crippen LogP contribution in [0.3, 0.4) is 0 Å². The van der Waals surface area contributed by atoms with E-state index in [0.717, 1.165) is 69.8 Å². The van der Waals surface area contributed by atoms with Gasteiger partial charge >= 0.3 is 0 Å². The van der Waals surface area contributed by atoms with E-state index < -0.39 is 0 Å². The van der Waals surface area contributed by atoms with Crippen molar-refractivity contribution < 1.29 is 18.7 Å². The number of carbonyl (C=O) groups is 1. The SMILES string of the molecule is CCOc1c(/C(C)=C/C(=O)NCCc2cccc(OC)c2)cc2c3c(oc2c1C)CCCC3. The third-order valence-electron chi connectivity index (χ3n) is 6.33. The summed E-state index contributed by atoms with van der Waals surface area (Å²) in [6, 6.07) is 10.1. The lowest BCUT2D eigenvalue weighted by atomic mass is 9.93. The molecule has 2 aromatic carbocycles. The van der Waals surface area contributed by atoms with E-state index in [2.05, 4.69) is 11.4 Å². The second-order valence-corrected chi connectivity index (χ2v) is 8.62. The molecule has 1 heterocycles. The molecular weight excluding hydrogens is 414 g/mol. The van der Waals surface area contributed by atoms with E-state index in [9.17, 15) is 4.79 Å². The molecule has 1 N–H and O–H groups in total. The summed E-state index contributed by atoms with van der Waals surface area (Å²) in [6.07, 6.45) is 6.81. The molecule has 0 saturated heterocycles. The van der Waals surface area contributed by atoms with Crippen molar-refractivity contribution in [3.05, 3.63) is 64.4 Å². The average molecular weight is 448 g/mol. The molecule has 1 amide bonds. The number of nitrogens with one attached hydrogen (secondary N) is 1. The summed E-state index contributed by atoms with van der Waals surface area (Å²) >= 11 is 0. The van der Waals surface area contributed by atoms with Crippen LogP contribution in [0, 0.1) is 6.92 Å². The van der Waals surface area contributed by atoms with Crippen LogP contribution in [0.25, 0.3) is 16.5 Å². The molecule has 0 atom stereocenters. The first-order valence-electron chi connectivity index (χ1n) is 11.8. The molecule has 1 aliphatic carbocycles. The van der Waals surface area contributed by atoms with E-state index >= 15 is 0 Å². The molecule has 0 radical (unpaired) electrons. The molecule has 0 saturated carbocycles. The van der Waals surface area contributed by atoms with Gasteiger partial charge in [0.25, 0.3) is 0 Å². The summed E-state index contributed by atoms with van der Waals surface area (Å²) in [5.74, 6) is 2.62. The minimum atomic E-state index is -0.107. The average Bonchev–Trinajstić information content (AvgIpc) is 3.20. The van der Waals surface area contributed by atoms with Crippen molar-refractivity contribution >= 4 is 22.4 Å². The summed E-state index contributed by atoms with van der Waals surface area (Å²) < 4.78 is 17.5. The van der Waals surface area contributed by atoms with Crippen LogP contribution in [0.5, 0.6) is 11.5 Å². The zero-order valence-electron chi connectivity index (χ0n) is 20.0. The number of hydrogen-bond donors (Lipinski definition) is 1. The minimum Gasteiger partial charge on any atom is -0.497 e. The number of aryl methyl sites for hydroxylation is 3. The minimum absolute atomic E-state index is 0.107. The quantitative estimate of drug-likeness (QED) is 0.444. The maximum absolute atomic E-state index is 12.7. The van der Waals surface area contributed by atoms with Gasteiger partial charge in [-0.25, -0.2) is 0 Å². The highest BCUT2D eigenvalue weighted by atomic mass is 16.5. The number of furan rings is 1. The highest BCUT2D eigenvalue weighted by Crippen LogP contribution is 2.41. The van der Waals surface area contributed by atoms with Gasteiger partial charge in [0.1, 0.15) is 22.8 Å². The Kier molecular flexibility index (Phi) is 7.07. The smallest absolute Gasteiger partial charge is 0.244 e. The molecule has 1 aliphatic rings. The molecular formula is C28H33NO4. The molecule has 33 heavy (non-hydrogen) atoms. The topological polar surface area (TPSA) is 60.7 Å². The van der Waals surface area contributed by atoms with Gasteiger partial charge in [-0.15, -0.1) is 0 Å². The van der Waals surface area contributed by atoms with Gasteiger partial charge in [-0.1, -0.05) is 12.1 Å². The van der Waals surface area contributed by atoms with E-state index in [1.807, 2.05) is 45.0 Å². The monoisotopic (exact) mass is 447 g/mol. The summed E-state index contributed by atoms with van der Waals surface area (Å²) in [6.45, 7) is 7.11. The van der Waals surface area contributed by atoms with Crippen LogP contribution in [-0.2, 0) is 24.1 Å². The van der Waals surface area contributed by atoms with Crippen molar-refractivity contribution in [2.75, 3.05) is 20.3 Å². The summed E-state index contributed by atoms with van der Waals surface area (Å²) in [4.78, 5) is 12.7. The van der Waals surface area contributed by atoms with Crippen LogP contribution < -0.4 is 14.8 Å². The number of hydrogen-bond acceptors (Lipinski definition) is 4. The maximum Gasteiger partial charge on any atom is 0.244 e. The number of methoxy groups -OCH3 is 1. The van der Waals surface area contributed by atoms with Gasteiger partial charge in [-0.2, -0.15) is 0 Å². The van der Waals surface area contributed by atoms with E-state index in [1.54, 1.807) is 13.2 Å². The zero-order valence-corrected chi connectivity index (χ0v) is 20.0. The molecule has 5 heteroatoms. The lowest BCUT2D eigenvalue weighted by molar-refractivity contribution is -0.116. The van der Waals surface area contributed by atoms with Crippen molar-refractivity contribution in [1.29, 1.82) is 0 Å². The number of fused-ring (bicyclic) bond motifs is 3. The summed E-state index contributed by atoms with van der Waals surface area (Å²) in [7, 11) is 1.66. The molecule has 3 aromatic rings. The number of benzene rings is 2. The van der Waals surface area contributed by atoms with Crippen LogP contribution in [0.1, 0.15) is 54.7 Å². The van der Waals surface area contributed by atoms with E-state index in [0.29, 0.717) is 13.2 Å². The molecule has 4 rings (SSSR count). The highest BCUT2D eigenvalue weighted by molar-refractivity contribution is 5.98. The first-order valence-corrected chi connectivity index (χ1v) is 11.8. The largest absolute Gasteiger partial charge is 0.497 e. The fourth-order valence-electron chi connectivity index (χ4n) is 4.64. The number of rotatable bonds is 8. The van der Waals surface area contributed by atoms with Crippen LogP contribution in [0.2, 0.25) is 0 Å². The van der Waals surface area contributed by atoms with Gasteiger partial charge in [0.05, 0.1) is 13.7 Å². The van der Waals surface area contributed by atoms with Gasteiger partial charge < -0.3 is 19.2 Å². The third kappa shape index (κ3) is 4.92. The predicted octanol–water partition coefficient (Wildman–Crippen LogP) is 5.79. The van der Waals surface area contributed by atoms with E-state index in [-0.39, 0.29) is 5.91 Å². The first-order chi connectivity index (χ1) is 16.0. The lowest BCUT2D eigenvalue weighted by Gasteiger charge is -2.15. The Morgan fingerprint density at radius 1 is 1.21 bits per heavy atom. The Bertz CT molecular complexity index is 1190. The van der Waals surface area contributed by atoms with Crippen molar-refractivity contribution in [2.24, 2.45) is 0 Å². The zero-order chi connectivity index (χ0) is 23.4. The Hall–Kier alpha value is -3.21. The van der Waals surface area contributed by atoms with E-state index in [4.69, 9.17) is 13.9 Å². The van der Waals surface area contributed by atoms with Crippen LogP contribution in [0.15, 0.2) is 40.8 Å². The number of carbonyl (C=O) groups excluding carboxylic acids is 1. The molecule has 174 valence electrons. The molecule has 5 nitrogen and oxygen atoms in total. The van der Waals surface area contributed by atoms with Crippen molar-refractivity contribution in [2.45, 2.75) is 52.9 Å². The maximum atomic E-state index is 12.7. The molecule has 1 aromatic heterocycles. The van der Waals surface area contributed by atoms with Crippen LogP contribution in [-0.4, -0.2) is 26.2 Å². The highest BCUT2D eigenvalue weighted by Gasteiger charge is 2.23. The molecule has 0 unspecified atom stereocenters. The van der Waals surface area contributed by atoms with Gasteiger partial charge in [0.2, 0.25) is 5.91 Å². The summed E-state index contributed by atoms with van der Waals surface area (Å²) in [5, 5.41) is 4.16. The Morgan fingerprint density at radius 3 is 2.82 bits per heavy atom. The summed E-state index contributed by atoms with van der Waals surface area (Å²) in [5.41, 5.74) is 6.21. The number of amides is 1. The van der Waals surface area contributed by atoms with Gasteiger partial charge in [0, 0.05) is 41.1 Å². The Labute approximate surface area is 195 Å². The molecule has 0 bridgehead atoms. The fraction of sp³-hybridized carbons (Fsp3) is 0.393. The van der Waals surface area contributed by atoms with E-state index in [1.165, 1.54) is 18.4 Å². The van der Waals surface area contributed by atoms with Crippen LogP contribution in [0.4, 0.5) is 0 Å². The molecule has 0 fully saturated rings. The van der Waals surface area contributed by atoms with Gasteiger partial charge in [-0.3, -0.25) is 4.79 Å². The number of ether oxygens (including phenoxy) is 2. The lowest BCUT2D eigenvalue weighted by Crippen LogP contribution is -2.23. The van der Waals surface area contributed by atoms with Crippen molar-refractivity contribution in [3.63, 3.8) is 0 Å². The normalized spacial score (nSPS) is 13.6. The first kappa shape index (κ1) is 23.0. The Balaban J connectivity index is 1.56. The standard InChI is InChI=1S/C28H33NO4/c1-5-32-27-19(3)28-24(22-11-6-7-12-25(22)33-28)17-23(27)18(2)15-26(30)29-14-13-20-9-8-10-21(16-20)31-4/h8-10,15-17H,5-7,11-14H2,1-4H3,(H,29,30)/b18-15+. The third-order valence-corrected chi connectivity index (χ3v) is 6.33. The molecule has 0 aliphatic heterocycles. The van der Waals surface area contributed by atoms with Crippen molar-refractivity contribution in [1.82, 2.24) is 5.32 Å². The van der Waals surface area contributed by atoms with Gasteiger partial charge in [-0.05, 0) is 75.8 Å². The van der Waals surface area contributed by atoms with Crippen molar-refractivity contribution in [3.8, 4) is 11.5 Å². The number of allylic oxidation sites excluding steroid dienone is 1.